The molecule has 0 spiro atoms. The Morgan fingerprint density at radius 3 is 2.23 bits per heavy atom. The maximum absolute atomic E-state index is 11.6. The van der Waals surface area contributed by atoms with E-state index in [2.05, 4.69) is 0 Å². The topological polar surface area (TPSA) is 54.4 Å². The van der Waals surface area contributed by atoms with E-state index in [4.69, 9.17) is 0 Å². The van der Waals surface area contributed by atoms with E-state index in [0.29, 0.717) is 17.9 Å². The first-order chi connectivity index (χ1) is 5.99. The fourth-order valence-electron chi connectivity index (χ4n) is 1.41. The first-order valence-electron chi connectivity index (χ1n) is 4.46. The van der Waals surface area contributed by atoms with Gasteiger partial charge in [-0.05, 0) is 19.8 Å². The lowest BCUT2D eigenvalue weighted by Crippen LogP contribution is -2.48. The summed E-state index contributed by atoms with van der Waals surface area (Å²) in [7, 11) is -2.26. The summed E-state index contributed by atoms with van der Waals surface area (Å²) in [6.45, 7) is 3.45. The molecule has 2 unspecified atom stereocenters. The first-order valence-corrected chi connectivity index (χ1v) is 7.22. The molecule has 0 aromatic heterocycles. The van der Waals surface area contributed by atoms with Crippen LogP contribution in [0.5, 0.6) is 0 Å². The smallest absolute Gasteiger partial charge is 0.138 e. The molecule has 1 N–H and O–H groups in total. The summed E-state index contributed by atoms with van der Waals surface area (Å²) in [5, 5.41) is 9.90. The van der Waals surface area contributed by atoms with Crippen molar-refractivity contribution in [2.24, 2.45) is 0 Å². The molecule has 1 aliphatic rings. The van der Waals surface area contributed by atoms with Gasteiger partial charge in [0.2, 0.25) is 0 Å². The zero-order valence-electron chi connectivity index (χ0n) is 7.99. The molecule has 0 amide bonds. The van der Waals surface area contributed by atoms with Gasteiger partial charge >= 0.3 is 0 Å². The van der Waals surface area contributed by atoms with Gasteiger partial charge in [0, 0.05) is 33.1 Å². The Morgan fingerprint density at radius 1 is 1.38 bits per heavy atom. The normalized spacial score (nSPS) is 39.8. The van der Waals surface area contributed by atoms with Crippen molar-refractivity contribution >= 4 is 21.6 Å². The Bertz CT molecular complexity index is 222. The first kappa shape index (κ1) is 11.3. The van der Waals surface area contributed by atoms with E-state index in [-0.39, 0.29) is 0 Å². The Balaban J connectivity index is 2.86. The van der Waals surface area contributed by atoms with E-state index >= 15 is 0 Å². The lowest BCUT2D eigenvalue weighted by molar-refractivity contribution is 0.0712. The van der Waals surface area contributed by atoms with Crippen LogP contribution in [0.4, 0.5) is 0 Å². The van der Waals surface area contributed by atoms with Gasteiger partial charge in [-0.25, -0.2) is 0 Å². The highest BCUT2D eigenvalue weighted by atomic mass is 32.2. The number of hydrogen-bond donors (Lipinski definition) is 1. The Morgan fingerprint density at radius 2 is 1.85 bits per heavy atom. The molecule has 1 saturated heterocycles. The molecule has 3 atom stereocenters. The molecule has 1 fully saturated rings. The maximum Gasteiger partial charge on any atom is 0.138 e. The largest absolute Gasteiger partial charge is 0.388 e. The van der Waals surface area contributed by atoms with Crippen LogP contribution in [-0.2, 0) is 21.6 Å². The summed E-state index contributed by atoms with van der Waals surface area (Å²) >= 11 is 0. The van der Waals surface area contributed by atoms with Crippen LogP contribution in [0, 0.1) is 0 Å². The highest BCUT2D eigenvalue weighted by molar-refractivity contribution is 8.03. The minimum absolute atomic E-state index is 0.495. The molecule has 13 heavy (non-hydrogen) atoms. The van der Waals surface area contributed by atoms with E-state index < -0.39 is 31.8 Å². The summed E-state index contributed by atoms with van der Waals surface area (Å²) in [6, 6.07) is 0. The molecule has 0 aromatic carbocycles. The van der Waals surface area contributed by atoms with Crippen LogP contribution in [0.1, 0.15) is 26.7 Å². The van der Waals surface area contributed by atoms with Crippen molar-refractivity contribution in [3.05, 3.63) is 0 Å². The third kappa shape index (κ3) is 2.39. The monoisotopic (exact) mass is 224 g/mol. The van der Waals surface area contributed by atoms with Gasteiger partial charge in [0.1, 0.15) is 4.58 Å². The molecule has 0 saturated carbocycles. The Kier molecular flexibility index (Phi) is 3.65. The van der Waals surface area contributed by atoms with Crippen LogP contribution < -0.4 is 0 Å². The molecule has 3 nitrogen and oxygen atoms in total. The molecule has 0 radical (unpaired) electrons. The second kappa shape index (κ2) is 4.19. The van der Waals surface area contributed by atoms with Gasteiger partial charge in [-0.15, -0.1) is 0 Å². The maximum atomic E-state index is 11.6. The van der Waals surface area contributed by atoms with Crippen LogP contribution >= 0.6 is 0 Å². The van der Waals surface area contributed by atoms with Crippen LogP contribution in [0.3, 0.4) is 0 Å². The van der Waals surface area contributed by atoms with Gasteiger partial charge in [-0.2, -0.15) is 0 Å². The fourth-order valence-corrected chi connectivity index (χ4v) is 5.88. The van der Waals surface area contributed by atoms with Crippen molar-refractivity contribution in [3.8, 4) is 0 Å². The zero-order chi connectivity index (χ0) is 10.1. The van der Waals surface area contributed by atoms with Crippen LogP contribution in [-0.4, -0.2) is 35.2 Å². The van der Waals surface area contributed by atoms with Gasteiger partial charge in [0.05, 0.1) is 5.60 Å². The third-order valence-corrected chi connectivity index (χ3v) is 7.03. The van der Waals surface area contributed by atoms with E-state index in [9.17, 15) is 13.5 Å². The van der Waals surface area contributed by atoms with Gasteiger partial charge in [0.15, 0.2) is 0 Å². The van der Waals surface area contributed by atoms with Crippen molar-refractivity contribution in [2.75, 3.05) is 11.5 Å². The van der Waals surface area contributed by atoms with Crippen LogP contribution in [0.2, 0.25) is 0 Å². The lowest BCUT2D eigenvalue weighted by Gasteiger charge is -2.32. The predicted octanol–water partition coefficient (Wildman–Crippen LogP) is 0.375. The second-order valence-electron chi connectivity index (χ2n) is 3.57. The number of aliphatic hydroxyl groups is 1. The van der Waals surface area contributed by atoms with E-state index in [1.54, 1.807) is 6.92 Å². The molecule has 0 aliphatic carbocycles. The summed E-state index contributed by atoms with van der Waals surface area (Å²) in [5.41, 5.74) is -1.05. The molecule has 0 bridgehead atoms. The van der Waals surface area contributed by atoms with E-state index in [1.165, 1.54) is 0 Å². The Hall–Kier alpha value is 0.260. The number of hydrogen-bond acceptors (Lipinski definition) is 3. The summed E-state index contributed by atoms with van der Waals surface area (Å²) in [5.74, 6) is 1.15. The average Bonchev–Trinajstić information content (AvgIpc) is 2.03. The molecule has 1 rings (SSSR count). The molecule has 78 valence electrons. The average molecular weight is 224 g/mol. The van der Waals surface area contributed by atoms with Crippen molar-refractivity contribution in [1.29, 1.82) is 0 Å². The molecule has 0 aromatic rings. The molecular formula is C8H16O3S2. The number of rotatable bonds is 2. The SMILES string of the molecule is CC[C@@](C)(O)C1S(=O)CCCS1=O. The highest BCUT2D eigenvalue weighted by Crippen LogP contribution is 2.26. The molecule has 1 aliphatic heterocycles. The molecular weight excluding hydrogens is 208 g/mol. The van der Waals surface area contributed by atoms with E-state index in [0.717, 1.165) is 6.42 Å². The molecule has 1 heterocycles. The predicted molar refractivity (Wildman–Crippen MR) is 55.3 cm³/mol. The minimum atomic E-state index is -1.13. The summed E-state index contributed by atoms with van der Waals surface area (Å²) in [4.78, 5) is 0. The van der Waals surface area contributed by atoms with Crippen molar-refractivity contribution < 1.29 is 13.5 Å². The van der Waals surface area contributed by atoms with Crippen molar-refractivity contribution in [3.63, 3.8) is 0 Å². The quantitative estimate of drug-likeness (QED) is 0.737. The summed E-state index contributed by atoms with van der Waals surface area (Å²) < 4.78 is 22.6. The standard InChI is InChI=1S/C8H16O3S2/c1-3-8(2,9)7-12(10)5-4-6-13(7)11/h7,9H,3-6H2,1-2H3/t7?,8-,12?,13?/m1/s1. The fraction of sp³-hybridized carbons (Fsp3) is 1.00. The van der Waals surface area contributed by atoms with Crippen molar-refractivity contribution in [1.82, 2.24) is 0 Å². The highest BCUT2D eigenvalue weighted by Gasteiger charge is 2.41. The zero-order valence-corrected chi connectivity index (χ0v) is 9.62. The second-order valence-corrected chi connectivity index (χ2v) is 7.15. The van der Waals surface area contributed by atoms with E-state index in [1.807, 2.05) is 6.92 Å². The third-order valence-electron chi connectivity index (χ3n) is 2.39. The van der Waals surface area contributed by atoms with Gasteiger partial charge < -0.3 is 5.11 Å². The van der Waals surface area contributed by atoms with Crippen molar-refractivity contribution in [2.45, 2.75) is 36.9 Å². The van der Waals surface area contributed by atoms with Gasteiger partial charge in [-0.3, -0.25) is 8.42 Å². The molecule has 5 heteroatoms. The summed E-state index contributed by atoms with van der Waals surface area (Å²) in [6.07, 6.45) is 1.24. The van der Waals surface area contributed by atoms with Gasteiger partial charge in [0.25, 0.3) is 0 Å². The van der Waals surface area contributed by atoms with Gasteiger partial charge in [-0.1, -0.05) is 6.92 Å². The van der Waals surface area contributed by atoms with Crippen LogP contribution in [0.15, 0.2) is 0 Å². The minimum Gasteiger partial charge on any atom is -0.388 e. The lowest BCUT2D eigenvalue weighted by atomic mass is 10.1. The Labute approximate surface area is 83.8 Å². The van der Waals surface area contributed by atoms with Crippen LogP contribution in [0.25, 0.3) is 0 Å².